The van der Waals surface area contributed by atoms with Crippen LogP contribution in [0.4, 0.5) is 8.78 Å². The van der Waals surface area contributed by atoms with Gasteiger partial charge in [-0.15, -0.1) is 0 Å². The van der Waals surface area contributed by atoms with Gasteiger partial charge in [0.1, 0.15) is 11.6 Å². The van der Waals surface area contributed by atoms with Gasteiger partial charge >= 0.3 is 0 Å². The van der Waals surface area contributed by atoms with Gasteiger partial charge in [-0.05, 0) is 49.2 Å². The molecule has 6 heteroatoms. The molecule has 0 aliphatic carbocycles. The van der Waals surface area contributed by atoms with Gasteiger partial charge < -0.3 is 4.74 Å². The van der Waals surface area contributed by atoms with Crippen LogP contribution in [0, 0.1) is 11.6 Å². The van der Waals surface area contributed by atoms with Crippen LogP contribution < -0.4 is 5.48 Å². The predicted octanol–water partition coefficient (Wildman–Crippen LogP) is 5.18. The van der Waals surface area contributed by atoms with E-state index in [0.29, 0.717) is 12.1 Å². The van der Waals surface area contributed by atoms with Crippen molar-refractivity contribution in [2.24, 2.45) is 0 Å². The third kappa shape index (κ3) is 5.64. The molecular formula is C20H21F2NO2S. The summed E-state index contributed by atoms with van der Waals surface area (Å²) in [6, 6.07) is 11.1. The summed E-state index contributed by atoms with van der Waals surface area (Å²) in [6.07, 6.45) is 6.36. The van der Waals surface area contributed by atoms with Crippen LogP contribution in [0.2, 0.25) is 0 Å². The first kappa shape index (κ1) is 19.0. The summed E-state index contributed by atoms with van der Waals surface area (Å²) in [5.41, 5.74) is 3.34. The number of halogens is 2. The minimum Gasteiger partial charge on any atom is -0.351 e. The van der Waals surface area contributed by atoms with Crippen molar-refractivity contribution in [1.82, 2.24) is 5.48 Å². The van der Waals surface area contributed by atoms with Crippen LogP contribution in [0.25, 0.3) is 6.08 Å². The lowest BCUT2D eigenvalue weighted by Crippen LogP contribution is -2.29. The van der Waals surface area contributed by atoms with E-state index in [1.165, 1.54) is 30.0 Å². The van der Waals surface area contributed by atoms with Gasteiger partial charge in [-0.25, -0.2) is 8.78 Å². The molecule has 138 valence electrons. The maximum Gasteiger partial charge on any atom is 0.177 e. The first-order valence-corrected chi connectivity index (χ1v) is 9.42. The van der Waals surface area contributed by atoms with Crippen molar-refractivity contribution in [2.75, 3.05) is 13.2 Å². The number of nitrogens with one attached hydrogen (secondary N) is 1. The second-order valence-corrected chi connectivity index (χ2v) is 6.99. The largest absolute Gasteiger partial charge is 0.351 e. The van der Waals surface area contributed by atoms with E-state index in [9.17, 15) is 8.78 Å². The Hall–Kier alpha value is -1.73. The van der Waals surface area contributed by atoms with Crippen LogP contribution in [0.1, 0.15) is 24.8 Å². The molecule has 0 spiro atoms. The van der Waals surface area contributed by atoms with Gasteiger partial charge in [0.25, 0.3) is 0 Å². The Labute approximate surface area is 156 Å². The summed E-state index contributed by atoms with van der Waals surface area (Å²) in [7, 11) is 0. The van der Waals surface area contributed by atoms with E-state index in [2.05, 4.69) is 5.48 Å². The smallest absolute Gasteiger partial charge is 0.177 e. The van der Waals surface area contributed by atoms with Gasteiger partial charge in [-0.3, -0.25) is 4.84 Å². The summed E-state index contributed by atoms with van der Waals surface area (Å²) in [5.74, 6) is -0.591. The van der Waals surface area contributed by atoms with Gasteiger partial charge in [0, 0.05) is 34.9 Å². The Morgan fingerprint density at radius 1 is 1.15 bits per heavy atom. The lowest BCUT2D eigenvalue weighted by atomic mass is 10.2. The van der Waals surface area contributed by atoms with Crippen molar-refractivity contribution in [3.05, 3.63) is 65.7 Å². The Kier molecular flexibility index (Phi) is 7.20. The monoisotopic (exact) mass is 377 g/mol. The Morgan fingerprint density at radius 3 is 2.77 bits per heavy atom. The fourth-order valence-electron chi connectivity index (χ4n) is 2.57. The molecule has 1 N–H and O–H groups in total. The molecule has 3 nitrogen and oxygen atoms in total. The van der Waals surface area contributed by atoms with E-state index in [0.717, 1.165) is 35.7 Å². The highest BCUT2D eigenvalue weighted by Gasteiger charge is 2.13. The van der Waals surface area contributed by atoms with Crippen LogP contribution in [0.3, 0.4) is 0 Å². The van der Waals surface area contributed by atoms with Crippen molar-refractivity contribution >= 4 is 17.8 Å². The van der Waals surface area contributed by atoms with E-state index in [1.54, 1.807) is 30.4 Å². The molecule has 1 aliphatic heterocycles. The van der Waals surface area contributed by atoms with Gasteiger partial charge in [0.15, 0.2) is 6.29 Å². The maximum absolute atomic E-state index is 14.2. The molecule has 1 saturated heterocycles. The van der Waals surface area contributed by atoms with E-state index < -0.39 is 0 Å². The quantitative estimate of drug-likeness (QED) is 0.532. The SMILES string of the molecule is Fc1ccc(Sc2cccc(F)c2C=CCNOC2CCCCO2)cc1. The lowest BCUT2D eigenvalue weighted by Gasteiger charge is -2.22. The molecular weight excluding hydrogens is 356 g/mol. The molecule has 2 aromatic rings. The van der Waals surface area contributed by atoms with Gasteiger partial charge in [-0.2, -0.15) is 5.48 Å². The normalized spacial score (nSPS) is 17.7. The minimum absolute atomic E-state index is 0.213. The second kappa shape index (κ2) is 9.83. The fraction of sp³-hybridized carbons (Fsp3) is 0.300. The van der Waals surface area contributed by atoms with Crippen LogP contribution in [-0.4, -0.2) is 19.4 Å². The van der Waals surface area contributed by atoms with Crippen LogP contribution >= 0.6 is 11.8 Å². The highest BCUT2D eigenvalue weighted by atomic mass is 32.2. The average Bonchev–Trinajstić information content (AvgIpc) is 2.66. The van der Waals surface area contributed by atoms with Crippen molar-refractivity contribution in [3.63, 3.8) is 0 Å². The zero-order valence-corrected chi connectivity index (χ0v) is 15.1. The number of benzene rings is 2. The maximum atomic E-state index is 14.2. The topological polar surface area (TPSA) is 30.5 Å². The van der Waals surface area contributed by atoms with E-state index in [1.807, 2.05) is 6.07 Å². The van der Waals surface area contributed by atoms with E-state index in [-0.39, 0.29) is 17.9 Å². The van der Waals surface area contributed by atoms with Gasteiger partial charge in [0.05, 0.1) is 0 Å². The molecule has 1 fully saturated rings. The highest BCUT2D eigenvalue weighted by Crippen LogP contribution is 2.32. The zero-order valence-electron chi connectivity index (χ0n) is 14.3. The zero-order chi connectivity index (χ0) is 18.2. The summed E-state index contributed by atoms with van der Waals surface area (Å²) < 4.78 is 32.7. The molecule has 0 aromatic heterocycles. The summed E-state index contributed by atoms with van der Waals surface area (Å²) in [4.78, 5) is 7.05. The van der Waals surface area contributed by atoms with Crippen LogP contribution in [0.15, 0.2) is 58.3 Å². The molecule has 2 aromatic carbocycles. The van der Waals surface area contributed by atoms with Crippen molar-refractivity contribution in [3.8, 4) is 0 Å². The van der Waals surface area contributed by atoms with Crippen LogP contribution in [0.5, 0.6) is 0 Å². The third-order valence-electron chi connectivity index (χ3n) is 3.89. The van der Waals surface area contributed by atoms with E-state index >= 15 is 0 Å². The number of hydroxylamine groups is 1. The second-order valence-electron chi connectivity index (χ2n) is 5.87. The first-order valence-electron chi connectivity index (χ1n) is 8.61. The lowest BCUT2D eigenvalue weighted by molar-refractivity contribution is -0.194. The molecule has 3 rings (SSSR count). The third-order valence-corrected chi connectivity index (χ3v) is 4.98. The van der Waals surface area contributed by atoms with E-state index in [4.69, 9.17) is 9.57 Å². The summed E-state index contributed by atoms with van der Waals surface area (Å²) >= 11 is 1.39. The molecule has 1 unspecified atom stereocenters. The fourth-order valence-corrected chi connectivity index (χ4v) is 3.52. The molecule has 0 amide bonds. The highest BCUT2D eigenvalue weighted by molar-refractivity contribution is 7.99. The molecule has 1 heterocycles. The number of rotatable bonds is 7. The molecule has 1 atom stereocenters. The van der Waals surface area contributed by atoms with Gasteiger partial charge in [0.2, 0.25) is 0 Å². The first-order chi connectivity index (χ1) is 12.7. The standard InChI is InChI=1S/C20H21F2NO2S/c21-15-9-11-16(12-10-15)26-19-7-3-6-18(22)17(19)5-4-13-23-25-20-8-1-2-14-24-20/h3-7,9-12,20,23H,1-2,8,13-14H2. The molecule has 1 aliphatic rings. The molecule has 26 heavy (non-hydrogen) atoms. The van der Waals surface area contributed by atoms with Crippen molar-refractivity contribution < 1.29 is 18.4 Å². The Morgan fingerprint density at radius 2 is 2.00 bits per heavy atom. The molecule has 0 radical (unpaired) electrons. The molecule has 0 saturated carbocycles. The van der Waals surface area contributed by atoms with Crippen molar-refractivity contribution in [1.29, 1.82) is 0 Å². The predicted molar refractivity (Wildman–Crippen MR) is 98.6 cm³/mol. The molecule has 0 bridgehead atoms. The number of ether oxygens (including phenoxy) is 1. The Balaban J connectivity index is 1.58. The summed E-state index contributed by atoms with van der Waals surface area (Å²) in [6.45, 7) is 1.16. The minimum atomic E-state index is -0.301. The van der Waals surface area contributed by atoms with Crippen molar-refractivity contribution in [2.45, 2.75) is 35.3 Å². The summed E-state index contributed by atoms with van der Waals surface area (Å²) in [5, 5.41) is 0. The van der Waals surface area contributed by atoms with Gasteiger partial charge in [-0.1, -0.05) is 30.0 Å². The number of hydrogen-bond acceptors (Lipinski definition) is 4. The number of hydrogen-bond donors (Lipinski definition) is 1. The average molecular weight is 377 g/mol. The van der Waals surface area contributed by atoms with Crippen LogP contribution in [-0.2, 0) is 9.57 Å². The Bertz CT molecular complexity index is 731.